The highest BCUT2D eigenvalue weighted by atomic mass is 32.2. The highest BCUT2D eigenvalue weighted by Gasteiger charge is 2.07. The molecule has 0 amide bonds. The number of thioether (sulfide) groups is 1. The minimum Gasteiger partial charge on any atom is -0.202 e. The van der Waals surface area contributed by atoms with Crippen molar-refractivity contribution in [3.8, 4) is 0 Å². The normalized spacial score (nSPS) is 11.2. The van der Waals surface area contributed by atoms with Crippen molar-refractivity contribution in [2.45, 2.75) is 43.9 Å². The molecule has 1 rings (SSSR count). The maximum Gasteiger partial charge on any atom is 0.182 e. The molecular weight excluding hydrogens is 178 g/mol. The highest BCUT2D eigenvalue weighted by Crippen LogP contribution is 2.20. The molecule has 0 saturated heterocycles. The van der Waals surface area contributed by atoms with Gasteiger partial charge in [0.05, 0.1) is 4.90 Å². The Morgan fingerprint density at radius 1 is 1.23 bits per heavy atom. The Labute approximate surface area is 85.2 Å². The summed E-state index contributed by atoms with van der Waals surface area (Å²) in [6.07, 6.45) is 4.34. The predicted octanol–water partition coefficient (Wildman–Crippen LogP) is 3.06. The van der Waals surface area contributed by atoms with Crippen molar-refractivity contribution < 1.29 is 4.57 Å². The number of aromatic nitrogens is 1. The van der Waals surface area contributed by atoms with Crippen molar-refractivity contribution in [1.29, 1.82) is 0 Å². The molecule has 0 N–H and O–H groups in total. The van der Waals surface area contributed by atoms with E-state index >= 15 is 0 Å². The van der Waals surface area contributed by atoms with E-state index in [1.54, 1.807) is 0 Å². The van der Waals surface area contributed by atoms with Crippen molar-refractivity contribution in [1.82, 2.24) is 0 Å². The van der Waals surface area contributed by atoms with E-state index in [9.17, 15) is 0 Å². The Morgan fingerprint density at radius 2 is 1.92 bits per heavy atom. The van der Waals surface area contributed by atoms with Crippen molar-refractivity contribution in [3.63, 3.8) is 0 Å². The summed E-state index contributed by atoms with van der Waals surface area (Å²) in [6, 6.07) is 4.83. The fourth-order valence-corrected chi connectivity index (χ4v) is 2.02. The first-order valence-electron chi connectivity index (χ1n) is 4.77. The van der Waals surface area contributed by atoms with Crippen LogP contribution in [-0.2, 0) is 0 Å². The summed E-state index contributed by atoms with van der Waals surface area (Å²) in [5.41, 5.74) is 0. The molecular formula is C11H18NS+. The molecule has 0 aliphatic rings. The Morgan fingerprint density at radius 3 is 2.46 bits per heavy atom. The maximum atomic E-state index is 2.24. The molecule has 1 aromatic rings. The van der Waals surface area contributed by atoms with Gasteiger partial charge in [-0.3, -0.25) is 0 Å². The predicted molar refractivity (Wildman–Crippen MR) is 58.0 cm³/mol. The minimum atomic E-state index is 0.549. The number of hydrogen-bond donors (Lipinski definition) is 0. The molecule has 0 unspecified atom stereocenters. The van der Waals surface area contributed by atoms with Crippen molar-refractivity contribution in [2.24, 2.45) is 0 Å². The van der Waals surface area contributed by atoms with Crippen LogP contribution in [0.5, 0.6) is 0 Å². The van der Waals surface area contributed by atoms with E-state index in [0.717, 1.165) is 0 Å². The third-order valence-corrected chi connectivity index (χ3v) is 2.75. The summed E-state index contributed by atoms with van der Waals surface area (Å²) in [7, 11) is 0. The summed E-state index contributed by atoms with van der Waals surface area (Å²) in [6.45, 7) is 8.84. The standard InChI is InChI=1S/C11H18NS/c1-9(2)12-7-5-6-11(8-12)13-10(3)4/h5-10H,1-4H3/q+1. The number of hydrogen-bond acceptors (Lipinski definition) is 1. The first-order chi connectivity index (χ1) is 6.09. The van der Waals surface area contributed by atoms with Crippen LogP contribution < -0.4 is 4.57 Å². The third kappa shape index (κ3) is 3.39. The van der Waals surface area contributed by atoms with Gasteiger partial charge in [-0.15, -0.1) is 11.8 Å². The lowest BCUT2D eigenvalue weighted by atomic mass is 10.3. The van der Waals surface area contributed by atoms with Gasteiger partial charge in [-0.25, -0.2) is 4.57 Å². The number of nitrogens with zero attached hydrogens (tertiary/aromatic N) is 1. The lowest BCUT2D eigenvalue weighted by Crippen LogP contribution is -2.35. The SMILES string of the molecule is CC(C)Sc1ccc[n+](C(C)C)c1. The second kappa shape index (κ2) is 4.66. The molecule has 72 valence electrons. The first-order valence-corrected chi connectivity index (χ1v) is 5.65. The summed E-state index contributed by atoms with van der Waals surface area (Å²) >= 11 is 1.91. The van der Waals surface area contributed by atoms with E-state index in [1.165, 1.54) is 4.90 Å². The first kappa shape index (κ1) is 10.6. The molecule has 0 spiro atoms. The Balaban J connectivity index is 2.79. The van der Waals surface area contributed by atoms with Crippen molar-refractivity contribution in [2.75, 3.05) is 0 Å². The van der Waals surface area contributed by atoms with Crippen LogP contribution in [0.2, 0.25) is 0 Å². The monoisotopic (exact) mass is 196 g/mol. The molecule has 0 aliphatic heterocycles. The summed E-state index contributed by atoms with van der Waals surface area (Å²) < 4.78 is 2.24. The second-order valence-corrected chi connectivity index (χ2v) is 5.40. The third-order valence-electron chi connectivity index (χ3n) is 1.76. The van der Waals surface area contributed by atoms with Crippen molar-refractivity contribution in [3.05, 3.63) is 24.5 Å². The molecule has 0 aromatic carbocycles. The van der Waals surface area contributed by atoms with E-state index < -0.39 is 0 Å². The molecule has 1 heterocycles. The van der Waals surface area contributed by atoms with Crippen LogP contribution in [0.25, 0.3) is 0 Å². The molecule has 0 atom stereocenters. The van der Waals surface area contributed by atoms with Crippen LogP contribution >= 0.6 is 11.8 Å². The fourth-order valence-electron chi connectivity index (χ4n) is 1.13. The van der Waals surface area contributed by atoms with Gasteiger partial charge in [-0.05, 0) is 19.9 Å². The minimum absolute atomic E-state index is 0.549. The van der Waals surface area contributed by atoms with Crippen LogP contribution in [-0.4, -0.2) is 5.25 Å². The van der Waals surface area contributed by atoms with Gasteiger partial charge >= 0.3 is 0 Å². The van der Waals surface area contributed by atoms with Crippen LogP contribution in [0.4, 0.5) is 0 Å². The number of rotatable bonds is 3. The molecule has 0 fully saturated rings. The molecule has 0 aliphatic carbocycles. The zero-order valence-electron chi connectivity index (χ0n) is 8.82. The van der Waals surface area contributed by atoms with Gasteiger partial charge in [0.1, 0.15) is 0 Å². The van der Waals surface area contributed by atoms with Crippen LogP contribution in [0, 0.1) is 0 Å². The summed E-state index contributed by atoms with van der Waals surface area (Å²) in [5.74, 6) is 0. The van der Waals surface area contributed by atoms with Gasteiger partial charge in [0.15, 0.2) is 18.4 Å². The van der Waals surface area contributed by atoms with E-state index in [2.05, 4.69) is 56.8 Å². The highest BCUT2D eigenvalue weighted by molar-refractivity contribution is 7.99. The molecule has 2 heteroatoms. The van der Waals surface area contributed by atoms with E-state index in [4.69, 9.17) is 0 Å². The number of pyridine rings is 1. The average Bonchev–Trinajstić information content (AvgIpc) is 2.03. The van der Waals surface area contributed by atoms with Crippen LogP contribution in [0.3, 0.4) is 0 Å². The molecule has 0 bridgehead atoms. The zero-order chi connectivity index (χ0) is 9.84. The van der Waals surface area contributed by atoms with Crippen LogP contribution in [0.15, 0.2) is 29.4 Å². The largest absolute Gasteiger partial charge is 0.202 e. The lowest BCUT2D eigenvalue weighted by molar-refractivity contribution is -0.718. The average molecular weight is 196 g/mol. The molecule has 1 nitrogen and oxygen atoms in total. The molecule has 0 saturated carbocycles. The van der Waals surface area contributed by atoms with Gasteiger partial charge < -0.3 is 0 Å². The van der Waals surface area contributed by atoms with E-state index in [0.29, 0.717) is 11.3 Å². The van der Waals surface area contributed by atoms with Gasteiger partial charge in [-0.2, -0.15) is 0 Å². The Hall–Kier alpha value is -0.500. The topological polar surface area (TPSA) is 3.88 Å². The fraction of sp³-hybridized carbons (Fsp3) is 0.545. The Kier molecular flexibility index (Phi) is 3.79. The van der Waals surface area contributed by atoms with Gasteiger partial charge in [0.2, 0.25) is 0 Å². The zero-order valence-corrected chi connectivity index (χ0v) is 9.64. The Bertz CT molecular complexity index is 269. The lowest BCUT2D eigenvalue weighted by Gasteiger charge is -2.04. The summed E-state index contributed by atoms with van der Waals surface area (Å²) in [4.78, 5) is 1.35. The van der Waals surface area contributed by atoms with Gasteiger partial charge in [0.25, 0.3) is 0 Å². The van der Waals surface area contributed by atoms with E-state index in [1.807, 2.05) is 11.8 Å². The van der Waals surface area contributed by atoms with Crippen molar-refractivity contribution >= 4 is 11.8 Å². The van der Waals surface area contributed by atoms with Gasteiger partial charge in [0, 0.05) is 11.3 Å². The molecule has 13 heavy (non-hydrogen) atoms. The molecule has 0 radical (unpaired) electrons. The quantitative estimate of drug-likeness (QED) is 0.531. The van der Waals surface area contributed by atoms with Gasteiger partial charge in [-0.1, -0.05) is 13.8 Å². The van der Waals surface area contributed by atoms with E-state index in [-0.39, 0.29) is 0 Å². The smallest absolute Gasteiger partial charge is 0.182 e. The summed E-state index contributed by atoms with van der Waals surface area (Å²) in [5, 5.41) is 0.656. The second-order valence-electron chi connectivity index (χ2n) is 3.75. The van der Waals surface area contributed by atoms with Crippen LogP contribution in [0.1, 0.15) is 33.7 Å². The molecule has 1 aromatic heterocycles. The maximum absolute atomic E-state index is 2.24.